The van der Waals surface area contributed by atoms with Crippen LogP contribution in [0, 0.1) is 0 Å². The van der Waals surface area contributed by atoms with E-state index in [2.05, 4.69) is 5.32 Å². The van der Waals surface area contributed by atoms with Gasteiger partial charge in [-0.05, 0) is 30.7 Å². The van der Waals surface area contributed by atoms with Crippen LogP contribution in [0.1, 0.15) is 29.6 Å². The van der Waals surface area contributed by atoms with Gasteiger partial charge in [0.05, 0.1) is 5.69 Å². The molecule has 6 heteroatoms. The first kappa shape index (κ1) is 14.2. The van der Waals surface area contributed by atoms with E-state index >= 15 is 0 Å². The second-order valence-corrected chi connectivity index (χ2v) is 4.50. The van der Waals surface area contributed by atoms with Crippen molar-refractivity contribution in [2.24, 2.45) is 0 Å². The Kier molecular flexibility index (Phi) is 4.47. The zero-order chi connectivity index (χ0) is 14.5. The van der Waals surface area contributed by atoms with E-state index in [0.29, 0.717) is 24.2 Å². The molecule has 1 fully saturated rings. The van der Waals surface area contributed by atoms with Gasteiger partial charge in [-0.25, -0.2) is 0 Å². The summed E-state index contributed by atoms with van der Waals surface area (Å²) in [6, 6.07) is 6.31. The largest absolute Gasteiger partial charge is 0.396 e. The van der Waals surface area contributed by atoms with Gasteiger partial charge in [0, 0.05) is 31.6 Å². The maximum Gasteiger partial charge on any atom is 0.251 e. The lowest BCUT2D eigenvalue weighted by Crippen LogP contribution is -2.29. The molecular formula is C14H16N2O4. The van der Waals surface area contributed by atoms with E-state index in [-0.39, 0.29) is 37.2 Å². The second kappa shape index (κ2) is 6.29. The molecule has 0 saturated carbocycles. The van der Waals surface area contributed by atoms with Crippen LogP contribution in [0.2, 0.25) is 0 Å². The third-order valence-electron chi connectivity index (χ3n) is 3.06. The molecule has 0 unspecified atom stereocenters. The summed E-state index contributed by atoms with van der Waals surface area (Å²) in [5.41, 5.74) is 0.940. The number of aliphatic hydroxyl groups is 1. The Bertz CT molecular complexity index is 508. The predicted molar refractivity (Wildman–Crippen MR) is 72.2 cm³/mol. The summed E-state index contributed by atoms with van der Waals surface area (Å²) >= 11 is 0. The van der Waals surface area contributed by atoms with Crippen LogP contribution in [0.15, 0.2) is 24.3 Å². The Morgan fingerprint density at radius 2 is 1.75 bits per heavy atom. The third-order valence-corrected chi connectivity index (χ3v) is 3.06. The van der Waals surface area contributed by atoms with Gasteiger partial charge in [-0.15, -0.1) is 0 Å². The number of aliphatic hydroxyl groups excluding tert-OH is 1. The SMILES string of the molecule is O=C(NCCCO)c1ccc(N2C(=O)CCC2=O)cc1. The van der Waals surface area contributed by atoms with Crippen molar-refractivity contribution in [1.29, 1.82) is 0 Å². The van der Waals surface area contributed by atoms with Crippen LogP contribution in [0.4, 0.5) is 5.69 Å². The molecule has 0 atom stereocenters. The first-order valence-corrected chi connectivity index (χ1v) is 6.48. The van der Waals surface area contributed by atoms with Crippen LogP contribution in [-0.4, -0.2) is 36.0 Å². The van der Waals surface area contributed by atoms with E-state index in [1.54, 1.807) is 24.3 Å². The number of nitrogens with one attached hydrogen (secondary N) is 1. The van der Waals surface area contributed by atoms with Crippen molar-refractivity contribution in [1.82, 2.24) is 5.32 Å². The molecule has 1 aliphatic rings. The molecule has 1 aliphatic heterocycles. The number of hydrogen-bond acceptors (Lipinski definition) is 4. The summed E-state index contributed by atoms with van der Waals surface area (Å²) in [5.74, 6) is -0.672. The zero-order valence-electron chi connectivity index (χ0n) is 11.0. The maximum absolute atomic E-state index is 11.7. The van der Waals surface area contributed by atoms with Gasteiger partial charge in [0.2, 0.25) is 11.8 Å². The fourth-order valence-electron chi connectivity index (χ4n) is 2.01. The third kappa shape index (κ3) is 3.03. The van der Waals surface area contributed by atoms with Gasteiger partial charge in [-0.1, -0.05) is 0 Å². The van der Waals surface area contributed by atoms with E-state index in [4.69, 9.17) is 5.11 Å². The van der Waals surface area contributed by atoms with Crippen molar-refractivity contribution < 1.29 is 19.5 Å². The minimum Gasteiger partial charge on any atom is -0.396 e. The number of benzene rings is 1. The number of hydrogen-bond donors (Lipinski definition) is 2. The molecule has 1 saturated heterocycles. The van der Waals surface area contributed by atoms with Gasteiger partial charge >= 0.3 is 0 Å². The highest BCUT2D eigenvalue weighted by atomic mass is 16.3. The fourth-order valence-corrected chi connectivity index (χ4v) is 2.01. The molecule has 0 aliphatic carbocycles. The smallest absolute Gasteiger partial charge is 0.251 e. The first-order chi connectivity index (χ1) is 9.63. The zero-order valence-corrected chi connectivity index (χ0v) is 11.0. The van der Waals surface area contributed by atoms with Gasteiger partial charge in [0.1, 0.15) is 0 Å². The van der Waals surface area contributed by atoms with Gasteiger partial charge in [0.25, 0.3) is 5.91 Å². The fraction of sp³-hybridized carbons (Fsp3) is 0.357. The molecular weight excluding hydrogens is 260 g/mol. The number of nitrogens with zero attached hydrogens (tertiary/aromatic N) is 1. The highest BCUT2D eigenvalue weighted by Gasteiger charge is 2.30. The molecule has 0 bridgehead atoms. The Balaban J connectivity index is 2.04. The highest BCUT2D eigenvalue weighted by Crippen LogP contribution is 2.22. The summed E-state index contributed by atoms with van der Waals surface area (Å²) in [5, 5.41) is 11.3. The van der Waals surface area contributed by atoms with E-state index in [9.17, 15) is 14.4 Å². The summed E-state index contributed by atoms with van der Waals surface area (Å²) in [6.45, 7) is 0.429. The molecule has 1 aromatic carbocycles. The molecule has 0 aromatic heterocycles. The Hall–Kier alpha value is -2.21. The number of imide groups is 1. The topological polar surface area (TPSA) is 86.7 Å². The molecule has 6 nitrogen and oxygen atoms in total. The molecule has 1 heterocycles. The number of carbonyl (C=O) groups is 3. The highest BCUT2D eigenvalue weighted by molar-refractivity contribution is 6.19. The average Bonchev–Trinajstić information content (AvgIpc) is 2.78. The van der Waals surface area contributed by atoms with Crippen molar-refractivity contribution in [3.8, 4) is 0 Å². The molecule has 0 radical (unpaired) electrons. The minimum absolute atomic E-state index is 0.0262. The van der Waals surface area contributed by atoms with E-state index in [0.717, 1.165) is 4.90 Å². The minimum atomic E-state index is -0.246. The van der Waals surface area contributed by atoms with Gasteiger partial charge in [0.15, 0.2) is 0 Å². The van der Waals surface area contributed by atoms with Crippen LogP contribution in [-0.2, 0) is 9.59 Å². The number of amides is 3. The summed E-state index contributed by atoms with van der Waals surface area (Å²) in [4.78, 5) is 36.0. The summed E-state index contributed by atoms with van der Waals surface area (Å²) < 4.78 is 0. The number of rotatable bonds is 5. The second-order valence-electron chi connectivity index (χ2n) is 4.50. The molecule has 1 aromatic rings. The lowest BCUT2D eigenvalue weighted by atomic mass is 10.2. The van der Waals surface area contributed by atoms with Crippen molar-refractivity contribution in [3.63, 3.8) is 0 Å². The van der Waals surface area contributed by atoms with E-state index in [1.165, 1.54) is 0 Å². The van der Waals surface area contributed by atoms with Crippen LogP contribution in [0.3, 0.4) is 0 Å². The van der Waals surface area contributed by atoms with Crippen molar-refractivity contribution >= 4 is 23.4 Å². The lowest BCUT2D eigenvalue weighted by molar-refractivity contribution is -0.121. The predicted octanol–water partition coefficient (Wildman–Crippen LogP) is 0.452. The quantitative estimate of drug-likeness (QED) is 0.604. The standard InChI is InChI=1S/C14H16N2O4/c17-9-1-8-15-14(20)10-2-4-11(5-3-10)16-12(18)6-7-13(16)19/h2-5,17H,1,6-9H2,(H,15,20). The monoisotopic (exact) mass is 276 g/mol. The van der Waals surface area contributed by atoms with E-state index < -0.39 is 0 Å². The molecule has 20 heavy (non-hydrogen) atoms. The molecule has 106 valence electrons. The van der Waals surface area contributed by atoms with Gasteiger partial charge < -0.3 is 10.4 Å². The molecule has 2 N–H and O–H groups in total. The normalized spacial score (nSPS) is 14.8. The number of anilines is 1. The van der Waals surface area contributed by atoms with Crippen molar-refractivity contribution in [2.45, 2.75) is 19.3 Å². The molecule has 0 spiro atoms. The summed E-state index contributed by atoms with van der Waals surface area (Å²) in [6.07, 6.45) is 0.977. The Labute approximate surface area is 116 Å². The maximum atomic E-state index is 11.7. The van der Waals surface area contributed by atoms with Crippen molar-refractivity contribution in [2.75, 3.05) is 18.1 Å². The van der Waals surface area contributed by atoms with E-state index in [1.807, 2.05) is 0 Å². The van der Waals surface area contributed by atoms with Gasteiger partial charge in [-0.3, -0.25) is 19.3 Å². The Morgan fingerprint density at radius 3 is 2.30 bits per heavy atom. The van der Waals surface area contributed by atoms with Gasteiger partial charge in [-0.2, -0.15) is 0 Å². The van der Waals surface area contributed by atoms with Crippen molar-refractivity contribution in [3.05, 3.63) is 29.8 Å². The summed E-state index contributed by atoms with van der Waals surface area (Å²) in [7, 11) is 0. The molecule has 3 amide bonds. The Morgan fingerprint density at radius 1 is 1.15 bits per heavy atom. The molecule has 2 rings (SSSR count). The first-order valence-electron chi connectivity index (χ1n) is 6.48. The lowest BCUT2D eigenvalue weighted by Gasteiger charge is -2.14. The average molecular weight is 276 g/mol. The van der Waals surface area contributed by atoms with Crippen LogP contribution < -0.4 is 10.2 Å². The van der Waals surface area contributed by atoms with Crippen LogP contribution in [0.25, 0.3) is 0 Å². The van der Waals surface area contributed by atoms with Crippen LogP contribution in [0.5, 0.6) is 0 Å². The van der Waals surface area contributed by atoms with Crippen LogP contribution >= 0.6 is 0 Å². The number of carbonyl (C=O) groups excluding carboxylic acids is 3.